The number of unbranched alkanes of at least 4 members (excludes halogenated alkanes) is 1. The molecule has 298 valence electrons. The summed E-state index contributed by atoms with van der Waals surface area (Å²) in [6.07, 6.45) is 13.3. The van der Waals surface area contributed by atoms with Crippen molar-refractivity contribution in [1.82, 2.24) is 9.55 Å². The number of benzene rings is 5. The number of imidazole rings is 1. The van der Waals surface area contributed by atoms with Gasteiger partial charge in [0.2, 0.25) is 0 Å². The van der Waals surface area contributed by atoms with Crippen LogP contribution in [0.5, 0.6) is 0 Å². The lowest BCUT2D eigenvalue weighted by Gasteiger charge is -2.32. The fourth-order valence-electron chi connectivity index (χ4n) is 8.85. The minimum Gasteiger partial charge on any atom is -0.325 e. The molecule has 6 aromatic rings. The largest absolute Gasteiger partial charge is 0.325 e. The van der Waals surface area contributed by atoms with Gasteiger partial charge in [-0.3, -0.25) is 5.41 Å². The van der Waals surface area contributed by atoms with Crippen molar-refractivity contribution in [3.05, 3.63) is 171 Å². The third-order valence-corrected chi connectivity index (χ3v) is 12.4. The molecule has 1 heterocycles. The van der Waals surface area contributed by atoms with Crippen LogP contribution in [0.3, 0.4) is 0 Å². The minimum absolute atomic E-state index is 0.0868. The number of nitrogens with zero attached hydrogens (tertiary/aromatic N) is 3. The molecule has 0 saturated heterocycles. The normalized spacial score (nSPS) is 14.9. The number of hydrogen-bond acceptors (Lipinski definition) is 5. The van der Waals surface area contributed by atoms with Gasteiger partial charge in [0, 0.05) is 25.1 Å². The Hall–Kier alpha value is -5.21. The molecule has 8 heteroatoms. The molecule has 1 aliphatic carbocycles. The van der Waals surface area contributed by atoms with Crippen molar-refractivity contribution in [1.29, 1.82) is 10.9 Å². The van der Waals surface area contributed by atoms with Crippen molar-refractivity contribution < 1.29 is 0 Å². The first-order chi connectivity index (χ1) is 28.3. The number of nitrogens with one attached hydrogen (secondary N) is 2. The number of aromatic nitrogens is 2. The first kappa shape index (κ1) is 41.0. The number of aryl methyl sites for hydroxylation is 1. The molecule has 1 fully saturated rings. The van der Waals surface area contributed by atoms with Crippen LogP contribution in [0.4, 0.5) is 0 Å². The van der Waals surface area contributed by atoms with E-state index < -0.39 is 5.54 Å². The number of nitrogens with two attached hydrogens (primary N) is 2. The number of amidine groups is 1. The zero-order valence-electron chi connectivity index (χ0n) is 33.7. The smallest absolute Gasteiger partial charge is 0.174 e. The lowest BCUT2D eigenvalue weighted by molar-refractivity contribution is 0.539. The van der Waals surface area contributed by atoms with Crippen molar-refractivity contribution in [2.45, 2.75) is 102 Å². The van der Waals surface area contributed by atoms with Crippen LogP contribution >= 0.6 is 11.6 Å². The van der Waals surface area contributed by atoms with Crippen molar-refractivity contribution in [2.75, 3.05) is 0 Å². The topological polar surface area (TPSA) is 130 Å². The van der Waals surface area contributed by atoms with Gasteiger partial charge in [-0.25, -0.2) is 10.5 Å². The summed E-state index contributed by atoms with van der Waals surface area (Å²) in [6, 6.07) is 42.3. The highest BCUT2D eigenvalue weighted by molar-refractivity contribution is 6.30. The van der Waals surface area contributed by atoms with Crippen LogP contribution in [-0.4, -0.2) is 15.4 Å². The maximum atomic E-state index is 8.46. The average Bonchev–Trinajstić information content (AvgIpc) is 3.65. The molecule has 1 aromatic heterocycles. The lowest BCUT2D eigenvalue weighted by Crippen LogP contribution is -2.39. The first-order valence-corrected chi connectivity index (χ1v) is 21.4. The Bertz CT molecular complexity index is 2320. The highest BCUT2D eigenvalue weighted by Crippen LogP contribution is 2.40. The molecule has 1 unspecified atom stereocenters. The summed E-state index contributed by atoms with van der Waals surface area (Å²) in [5.74, 6) is 1.42. The summed E-state index contributed by atoms with van der Waals surface area (Å²) in [7, 11) is 0. The van der Waals surface area contributed by atoms with Gasteiger partial charge in [-0.2, -0.15) is 0 Å². The van der Waals surface area contributed by atoms with Gasteiger partial charge in [-0.15, -0.1) is 5.11 Å². The number of hydrogen-bond donors (Lipinski definition) is 4. The van der Waals surface area contributed by atoms with Gasteiger partial charge in [0.1, 0.15) is 5.82 Å². The second kappa shape index (κ2) is 19.0. The highest BCUT2D eigenvalue weighted by Gasteiger charge is 2.33. The van der Waals surface area contributed by atoms with E-state index in [1.54, 1.807) is 0 Å². The summed E-state index contributed by atoms with van der Waals surface area (Å²) in [5.41, 5.74) is 31.5. The molecule has 1 atom stereocenters. The summed E-state index contributed by atoms with van der Waals surface area (Å²) in [4.78, 5) is 4.77. The molecule has 1 saturated carbocycles. The van der Waals surface area contributed by atoms with Crippen LogP contribution in [0.15, 0.2) is 126 Å². The summed E-state index contributed by atoms with van der Waals surface area (Å²) in [5, 5.41) is 12.4. The van der Waals surface area contributed by atoms with Crippen molar-refractivity contribution >= 4 is 17.4 Å². The SMILES string of the molecule is CCCCc1nc(Cl)c(CN)n1Cc1ccc(-c2ccccc2C(=N)N=N)cc1-c1cccc(C(N)(c2ccccc2)c2ccc(C3CCCCCCCC3)cc2)c1. The second-order valence-corrected chi connectivity index (χ2v) is 16.2. The van der Waals surface area contributed by atoms with E-state index in [1.165, 1.54) is 56.9 Å². The number of rotatable bonds is 13. The Labute approximate surface area is 348 Å². The van der Waals surface area contributed by atoms with Crippen LogP contribution in [0, 0.1) is 10.9 Å². The quantitative estimate of drug-likeness (QED) is 0.0402. The Morgan fingerprint density at radius 3 is 2.14 bits per heavy atom. The van der Waals surface area contributed by atoms with E-state index in [-0.39, 0.29) is 12.4 Å². The minimum atomic E-state index is -0.929. The molecule has 7 rings (SSSR count). The lowest BCUT2D eigenvalue weighted by atomic mass is 9.76. The zero-order valence-corrected chi connectivity index (χ0v) is 34.4. The van der Waals surface area contributed by atoms with Gasteiger partial charge in [0.05, 0.1) is 11.2 Å². The Balaban J connectivity index is 1.36. The van der Waals surface area contributed by atoms with Gasteiger partial charge in [-0.1, -0.05) is 173 Å². The molecular weight excluding hydrogens is 734 g/mol. The summed E-state index contributed by atoms with van der Waals surface area (Å²) in [6.45, 7) is 2.98. The van der Waals surface area contributed by atoms with E-state index in [9.17, 15) is 0 Å². The average molecular weight is 790 g/mol. The highest BCUT2D eigenvalue weighted by atomic mass is 35.5. The number of halogens is 1. The molecule has 7 nitrogen and oxygen atoms in total. The molecule has 0 aliphatic heterocycles. The predicted octanol–water partition coefficient (Wildman–Crippen LogP) is 12.5. The standard InChI is InChI=1S/C50H56ClN7/c1-2-3-24-47-56-48(51)46(33-52)58(47)34-39-26-25-38(43-22-13-14-23-44(43)49(53)57-55)32-45(39)37-18-15-21-42(31-37)50(54,40-19-11-8-12-20-40)41-29-27-36(28-30-41)35-16-9-6-4-5-7-10-17-35/h8,11-15,18-23,25-32,35,53,55H,2-7,9-10,16-17,24,33-34,52,54H2,1H3. The van der Waals surface area contributed by atoms with Crippen LogP contribution in [0.1, 0.15) is 122 Å². The molecule has 0 amide bonds. The van der Waals surface area contributed by atoms with Gasteiger partial charge in [-0.05, 0) is 87.4 Å². The van der Waals surface area contributed by atoms with Gasteiger partial charge in [0.25, 0.3) is 0 Å². The molecule has 5 aromatic carbocycles. The summed E-state index contributed by atoms with van der Waals surface area (Å²) < 4.78 is 2.18. The van der Waals surface area contributed by atoms with Crippen LogP contribution in [-0.2, 0) is 25.0 Å². The van der Waals surface area contributed by atoms with Crippen LogP contribution in [0.25, 0.3) is 22.3 Å². The third-order valence-electron chi connectivity index (χ3n) is 12.1. The monoisotopic (exact) mass is 789 g/mol. The molecule has 0 bridgehead atoms. The third kappa shape index (κ3) is 8.77. The van der Waals surface area contributed by atoms with Crippen molar-refractivity contribution in [2.24, 2.45) is 16.6 Å². The first-order valence-electron chi connectivity index (χ1n) is 21.0. The maximum Gasteiger partial charge on any atom is 0.174 e. The Morgan fingerprint density at radius 2 is 1.43 bits per heavy atom. The molecule has 6 N–H and O–H groups in total. The molecule has 1 aliphatic rings. The van der Waals surface area contributed by atoms with Gasteiger partial charge < -0.3 is 16.0 Å². The van der Waals surface area contributed by atoms with E-state index >= 15 is 0 Å². The van der Waals surface area contributed by atoms with Gasteiger partial charge in [0.15, 0.2) is 11.0 Å². The molecule has 58 heavy (non-hydrogen) atoms. The van der Waals surface area contributed by atoms with E-state index in [4.69, 9.17) is 39.0 Å². The fourth-order valence-corrected chi connectivity index (χ4v) is 9.13. The van der Waals surface area contributed by atoms with E-state index in [1.807, 2.05) is 30.3 Å². The Morgan fingerprint density at radius 1 is 0.776 bits per heavy atom. The van der Waals surface area contributed by atoms with Gasteiger partial charge >= 0.3 is 0 Å². The molecular formula is C50H56ClN7. The van der Waals surface area contributed by atoms with E-state index in [0.717, 1.165) is 75.3 Å². The zero-order chi connectivity index (χ0) is 40.5. The summed E-state index contributed by atoms with van der Waals surface area (Å²) >= 11 is 6.71. The van der Waals surface area contributed by atoms with E-state index in [0.29, 0.717) is 23.2 Å². The molecule has 0 radical (unpaired) electrons. The predicted molar refractivity (Wildman–Crippen MR) is 239 cm³/mol. The van der Waals surface area contributed by atoms with Crippen LogP contribution < -0.4 is 11.5 Å². The van der Waals surface area contributed by atoms with Crippen molar-refractivity contribution in [3.8, 4) is 22.3 Å². The van der Waals surface area contributed by atoms with Crippen LogP contribution in [0.2, 0.25) is 5.15 Å². The van der Waals surface area contributed by atoms with Crippen molar-refractivity contribution in [3.63, 3.8) is 0 Å². The second-order valence-electron chi connectivity index (χ2n) is 15.8. The molecule has 0 spiro atoms. The van der Waals surface area contributed by atoms with E-state index in [2.05, 4.69) is 108 Å². The Kier molecular flexibility index (Phi) is 13.4. The fraction of sp³-hybridized carbons (Fsp3) is 0.320. The maximum absolute atomic E-state index is 8.46.